The predicted octanol–water partition coefficient (Wildman–Crippen LogP) is 4.47. The van der Waals surface area contributed by atoms with Gasteiger partial charge in [0.25, 0.3) is 0 Å². The summed E-state index contributed by atoms with van der Waals surface area (Å²) >= 11 is 0. The van der Waals surface area contributed by atoms with Gasteiger partial charge in [-0.2, -0.15) is 0 Å². The average molecular weight is 428 g/mol. The Morgan fingerprint density at radius 2 is 1.81 bits per heavy atom. The third kappa shape index (κ3) is 4.26. The number of carboxylic acid groups (broad SMARTS) is 1. The maximum absolute atomic E-state index is 11.5. The third-order valence-corrected chi connectivity index (χ3v) is 5.59. The summed E-state index contributed by atoms with van der Waals surface area (Å²) in [5.41, 5.74) is 11.0. The highest BCUT2D eigenvalue weighted by atomic mass is 16.5. The van der Waals surface area contributed by atoms with Gasteiger partial charge >= 0.3 is 5.97 Å². The lowest BCUT2D eigenvalue weighted by Gasteiger charge is -2.10. The van der Waals surface area contributed by atoms with E-state index >= 15 is 0 Å². The van der Waals surface area contributed by atoms with E-state index in [0.717, 1.165) is 39.6 Å². The fourth-order valence-electron chi connectivity index (χ4n) is 4.00. The Balaban J connectivity index is 1.68. The molecule has 0 radical (unpaired) electrons. The number of aromatic nitrogens is 1. The highest BCUT2D eigenvalue weighted by Crippen LogP contribution is 2.33. The number of rotatable bonds is 8. The van der Waals surface area contributed by atoms with E-state index in [0.29, 0.717) is 12.3 Å². The molecule has 162 valence electrons. The summed E-state index contributed by atoms with van der Waals surface area (Å²) in [4.78, 5) is 22.7. The van der Waals surface area contributed by atoms with Gasteiger partial charge in [-0.25, -0.2) is 4.79 Å². The number of fused-ring (bicyclic) bond motifs is 1. The number of aldehydes is 1. The summed E-state index contributed by atoms with van der Waals surface area (Å²) in [7, 11) is 0. The molecule has 6 nitrogen and oxygen atoms in total. The second kappa shape index (κ2) is 9.08. The lowest BCUT2D eigenvalue weighted by Crippen LogP contribution is -2.13. The maximum Gasteiger partial charge on any atom is 0.335 e. The summed E-state index contributed by atoms with van der Waals surface area (Å²) in [6.45, 7) is 2.86. The third-order valence-electron chi connectivity index (χ3n) is 5.59. The van der Waals surface area contributed by atoms with Crippen LogP contribution in [-0.2, 0) is 17.9 Å². The molecule has 1 heterocycles. The van der Waals surface area contributed by atoms with Gasteiger partial charge in [-0.05, 0) is 48.4 Å². The zero-order valence-electron chi connectivity index (χ0n) is 17.7. The van der Waals surface area contributed by atoms with Crippen LogP contribution < -0.4 is 10.5 Å². The van der Waals surface area contributed by atoms with E-state index in [4.69, 9.17) is 15.6 Å². The van der Waals surface area contributed by atoms with Crippen LogP contribution in [-0.4, -0.2) is 21.9 Å². The summed E-state index contributed by atoms with van der Waals surface area (Å²) < 4.78 is 8.10. The van der Waals surface area contributed by atoms with Crippen molar-refractivity contribution < 1.29 is 19.4 Å². The molecule has 0 aliphatic rings. The number of hydrogen-bond donors (Lipinski definition) is 2. The molecule has 0 bridgehead atoms. The van der Waals surface area contributed by atoms with Crippen LogP contribution >= 0.6 is 0 Å². The molecule has 0 spiro atoms. The van der Waals surface area contributed by atoms with Gasteiger partial charge in [0.05, 0.1) is 11.6 Å². The van der Waals surface area contributed by atoms with Crippen molar-refractivity contribution in [1.82, 2.24) is 4.57 Å². The van der Waals surface area contributed by atoms with Crippen LogP contribution in [0.25, 0.3) is 10.9 Å². The Morgan fingerprint density at radius 3 is 2.53 bits per heavy atom. The number of carbonyl (C=O) groups excluding carboxylic acids is 1. The minimum Gasteiger partial charge on any atom is -0.489 e. The zero-order chi connectivity index (χ0) is 22.7. The highest BCUT2D eigenvalue weighted by molar-refractivity contribution is 5.90. The minimum absolute atomic E-state index is 0.217. The Morgan fingerprint density at radius 1 is 1.06 bits per heavy atom. The largest absolute Gasteiger partial charge is 0.489 e. The van der Waals surface area contributed by atoms with Gasteiger partial charge in [-0.3, -0.25) is 0 Å². The summed E-state index contributed by atoms with van der Waals surface area (Å²) in [5.74, 6) is -0.356. The van der Waals surface area contributed by atoms with Crippen molar-refractivity contribution >= 4 is 23.2 Å². The van der Waals surface area contributed by atoms with Crippen molar-refractivity contribution in [3.8, 4) is 5.75 Å². The summed E-state index contributed by atoms with van der Waals surface area (Å²) in [6, 6.07) is 21.8. The van der Waals surface area contributed by atoms with Crippen LogP contribution in [0.2, 0.25) is 0 Å². The molecule has 0 saturated carbocycles. The standard InChI is InChI=1S/C26H24N2O4/c1-17-25(23(27)15-29)22-13-21(32-16-19-8-5-9-20(12-19)26(30)31)10-11-24(22)28(17)14-18-6-3-2-4-7-18/h2-13,15,23H,14,16,27H2,1H3,(H,30,31). The lowest BCUT2D eigenvalue weighted by molar-refractivity contribution is -0.109. The first-order chi connectivity index (χ1) is 15.5. The molecule has 3 N–H and O–H groups in total. The predicted molar refractivity (Wildman–Crippen MR) is 123 cm³/mol. The molecule has 0 saturated heterocycles. The van der Waals surface area contributed by atoms with Crippen LogP contribution in [0.5, 0.6) is 5.75 Å². The first kappa shape index (κ1) is 21.3. The molecule has 6 heteroatoms. The lowest BCUT2D eigenvalue weighted by atomic mass is 10.0. The molecule has 1 aromatic heterocycles. The molecular weight excluding hydrogens is 404 g/mol. The fourth-order valence-corrected chi connectivity index (χ4v) is 4.00. The molecule has 1 unspecified atom stereocenters. The van der Waals surface area contributed by atoms with E-state index in [9.17, 15) is 9.59 Å². The minimum atomic E-state index is -0.976. The van der Waals surface area contributed by atoms with Gasteiger partial charge in [0.2, 0.25) is 0 Å². The van der Waals surface area contributed by atoms with Crippen molar-refractivity contribution in [2.45, 2.75) is 26.1 Å². The van der Waals surface area contributed by atoms with E-state index < -0.39 is 12.0 Å². The average Bonchev–Trinajstić information content (AvgIpc) is 3.08. The van der Waals surface area contributed by atoms with Gasteiger partial charge in [0.15, 0.2) is 0 Å². The summed E-state index contributed by atoms with van der Waals surface area (Å²) in [6.07, 6.45) is 0.750. The number of nitrogens with two attached hydrogens (primary N) is 1. The van der Waals surface area contributed by atoms with Crippen molar-refractivity contribution in [2.75, 3.05) is 0 Å². The van der Waals surface area contributed by atoms with Gasteiger partial charge in [-0.1, -0.05) is 42.5 Å². The molecule has 0 aliphatic carbocycles. The normalized spacial score (nSPS) is 11.9. The van der Waals surface area contributed by atoms with E-state index in [1.165, 1.54) is 0 Å². The molecule has 4 aromatic rings. The molecule has 1 atom stereocenters. The van der Waals surface area contributed by atoms with Crippen LogP contribution in [0.3, 0.4) is 0 Å². The van der Waals surface area contributed by atoms with Gasteiger partial charge < -0.3 is 24.9 Å². The molecule has 3 aromatic carbocycles. The van der Waals surface area contributed by atoms with Crippen LogP contribution in [0.15, 0.2) is 72.8 Å². The van der Waals surface area contributed by atoms with E-state index in [-0.39, 0.29) is 12.2 Å². The topological polar surface area (TPSA) is 94.6 Å². The summed E-state index contributed by atoms with van der Waals surface area (Å²) in [5, 5.41) is 10.0. The fraction of sp³-hybridized carbons (Fsp3) is 0.154. The van der Waals surface area contributed by atoms with Crippen LogP contribution in [0, 0.1) is 6.92 Å². The molecule has 0 fully saturated rings. The number of carboxylic acids is 1. The second-order valence-electron chi connectivity index (χ2n) is 7.71. The molecule has 4 rings (SSSR count). The van der Waals surface area contributed by atoms with E-state index in [1.807, 2.05) is 49.4 Å². The molecule has 0 aliphatic heterocycles. The maximum atomic E-state index is 11.5. The molecular formula is C26H24N2O4. The number of benzene rings is 3. The SMILES string of the molecule is Cc1c(C(N)C=O)c2cc(OCc3cccc(C(=O)O)c3)ccc2n1Cc1ccccc1. The number of aromatic carboxylic acids is 1. The van der Waals surface area contributed by atoms with Crippen molar-refractivity contribution in [3.63, 3.8) is 0 Å². The van der Waals surface area contributed by atoms with E-state index in [1.54, 1.807) is 18.2 Å². The highest BCUT2D eigenvalue weighted by Gasteiger charge is 2.20. The van der Waals surface area contributed by atoms with Crippen LogP contribution in [0.4, 0.5) is 0 Å². The first-order valence-corrected chi connectivity index (χ1v) is 10.3. The Bertz CT molecular complexity index is 1280. The Kier molecular flexibility index (Phi) is 6.05. The molecule has 32 heavy (non-hydrogen) atoms. The Labute approximate surface area is 185 Å². The molecule has 0 amide bonds. The number of carbonyl (C=O) groups is 2. The second-order valence-corrected chi connectivity index (χ2v) is 7.71. The quantitative estimate of drug-likeness (QED) is 0.404. The van der Waals surface area contributed by atoms with Crippen molar-refractivity contribution in [1.29, 1.82) is 0 Å². The number of hydrogen-bond acceptors (Lipinski definition) is 4. The van der Waals surface area contributed by atoms with Gasteiger partial charge in [-0.15, -0.1) is 0 Å². The number of ether oxygens (including phenoxy) is 1. The van der Waals surface area contributed by atoms with Crippen molar-refractivity contribution in [2.24, 2.45) is 5.73 Å². The van der Waals surface area contributed by atoms with Crippen molar-refractivity contribution in [3.05, 3.63) is 101 Å². The number of nitrogens with zero attached hydrogens (tertiary/aromatic N) is 1. The van der Waals surface area contributed by atoms with Gasteiger partial charge in [0.1, 0.15) is 18.6 Å². The first-order valence-electron chi connectivity index (χ1n) is 10.3. The van der Waals surface area contributed by atoms with Gasteiger partial charge in [0, 0.05) is 28.7 Å². The van der Waals surface area contributed by atoms with Crippen LogP contribution in [0.1, 0.15) is 38.8 Å². The smallest absolute Gasteiger partial charge is 0.335 e. The monoisotopic (exact) mass is 428 g/mol. The van der Waals surface area contributed by atoms with E-state index in [2.05, 4.69) is 16.7 Å². The Hall–Kier alpha value is -3.90. The zero-order valence-corrected chi connectivity index (χ0v) is 17.7.